The highest BCUT2D eigenvalue weighted by molar-refractivity contribution is 7.16. The lowest BCUT2D eigenvalue weighted by Gasteiger charge is -2.24. The number of benzene rings is 1. The van der Waals surface area contributed by atoms with Crippen molar-refractivity contribution in [3.8, 4) is 0 Å². The van der Waals surface area contributed by atoms with Crippen molar-refractivity contribution >= 4 is 22.9 Å². The third kappa shape index (κ3) is 2.64. The van der Waals surface area contributed by atoms with Gasteiger partial charge in [-0.1, -0.05) is 41.9 Å². The Kier molecular flexibility index (Phi) is 3.33. The second-order valence-electron chi connectivity index (χ2n) is 4.17. The summed E-state index contributed by atoms with van der Waals surface area (Å²) in [6, 6.07) is 14.1. The van der Waals surface area contributed by atoms with E-state index in [1.54, 1.807) is 11.3 Å². The normalized spacial score (nSPS) is 14.7. The molecule has 1 heterocycles. The summed E-state index contributed by atoms with van der Waals surface area (Å²) < 4.78 is 0.818. The Labute approximate surface area is 105 Å². The van der Waals surface area contributed by atoms with Gasteiger partial charge in [0.25, 0.3) is 0 Å². The average Bonchev–Trinajstić information content (AvgIpc) is 2.64. The third-order valence-electron chi connectivity index (χ3n) is 2.60. The summed E-state index contributed by atoms with van der Waals surface area (Å²) in [6.45, 7) is 2.05. The van der Waals surface area contributed by atoms with E-state index in [2.05, 4.69) is 19.1 Å². The first-order valence-corrected chi connectivity index (χ1v) is 6.36. The molecule has 1 atom stereocenters. The smallest absolute Gasteiger partial charge is 0.0931 e. The van der Waals surface area contributed by atoms with Crippen LogP contribution in [0.1, 0.15) is 17.4 Å². The second kappa shape index (κ2) is 4.58. The van der Waals surface area contributed by atoms with Gasteiger partial charge in [0.2, 0.25) is 0 Å². The molecule has 0 amide bonds. The molecule has 0 aliphatic heterocycles. The van der Waals surface area contributed by atoms with E-state index in [4.69, 9.17) is 17.3 Å². The molecule has 0 bridgehead atoms. The van der Waals surface area contributed by atoms with Crippen molar-refractivity contribution in [2.75, 3.05) is 0 Å². The van der Waals surface area contributed by atoms with Crippen LogP contribution >= 0.6 is 22.9 Å². The van der Waals surface area contributed by atoms with Gasteiger partial charge in [0.05, 0.1) is 4.34 Å². The fourth-order valence-electron chi connectivity index (χ4n) is 1.73. The molecule has 0 radical (unpaired) electrons. The second-order valence-corrected chi connectivity index (χ2v) is 5.97. The van der Waals surface area contributed by atoms with E-state index in [1.807, 2.05) is 30.3 Å². The van der Waals surface area contributed by atoms with Crippen LogP contribution in [0, 0.1) is 0 Å². The first kappa shape index (κ1) is 11.6. The van der Waals surface area contributed by atoms with Crippen LogP contribution in [-0.2, 0) is 12.0 Å². The molecule has 0 spiro atoms. The van der Waals surface area contributed by atoms with Crippen molar-refractivity contribution in [3.05, 3.63) is 57.2 Å². The molecule has 0 fully saturated rings. The Balaban J connectivity index is 2.20. The first-order valence-electron chi connectivity index (χ1n) is 5.16. The molecule has 0 aliphatic carbocycles. The molecular formula is C13H14ClNS. The van der Waals surface area contributed by atoms with Crippen molar-refractivity contribution in [2.24, 2.45) is 5.73 Å². The molecule has 1 aromatic heterocycles. The minimum atomic E-state index is -0.338. The summed E-state index contributed by atoms with van der Waals surface area (Å²) in [5.74, 6) is 0. The highest BCUT2D eigenvalue weighted by Crippen LogP contribution is 2.28. The van der Waals surface area contributed by atoms with Gasteiger partial charge in [0.15, 0.2) is 0 Å². The number of hydrogen-bond acceptors (Lipinski definition) is 2. The van der Waals surface area contributed by atoms with Gasteiger partial charge in [0.1, 0.15) is 0 Å². The zero-order valence-corrected chi connectivity index (χ0v) is 10.7. The average molecular weight is 252 g/mol. The maximum Gasteiger partial charge on any atom is 0.0931 e. The fraction of sp³-hybridized carbons (Fsp3) is 0.231. The van der Waals surface area contributed by atoms with Crippen LogP contribution in [0.3, 0.4) is 0 Å². The van der Waals surface area contributed by atoms with Crippen molar-refractivity contribution in [2.45, 2.75) is 18.9 Å². The molecular weight excluding hydrogens is 238 g/mol. The van der Waals surface area contributed by atoms with Crippen LogP contribution in [0.25, 0.3) is 0 Å². The Bertz CT molecular complexity index is 462. The van der Waals surface area contributed by atoms with Crippen LogP contribution in [0.4, 0.5) is 0 Å². The predicted octanol–water partition coefficient (Wildman–Crippen LogP) is 3.82. The molecule has 2 aromatic rings. The molecule has 2 N–H and O–H groups in total. The van der Waals surface area contributed by atoms with Gasteiger partial charge < -0.3 is 5.73 Å². The Morgan fingerprint density at radius 2 is 1.88 bits per heavy atom. The minimum absolute atomic E-state index is 0.338. The lowest BCUT2D eigenvalue weighted by atomic mass is 9.89. The van der Waals surface area contributed by atoms with E-state index in [1.165, 1.54) is 4.88 Å². The molecule has 84 valence electrons. The van der Waals surface area contributed by atoms with E-state index in [-0.39, 0.29) is 5.54 Å². The molecule has 2 rings (SSSR count). The highest BCUT2D eigenvalue weighted by atomic mass is 35.5. The Morgan fingerprint density at radius 3 is 2.44 bits per heavy atom. The third-order valence-corrected chi connectivity index (χ3v) is 3.83. The van der Waals surface area contributed by atoms with E-state index < -0.39 is 0 Å². The molecule has 3 heteroatoms. The van der Waals surface area contributed by atoms with Crippen molar-refractivity contribution in [1.82, 2.24) is 0 Å². The molecule has 1 aromatic carbocycles. The van der Waals surface area contributed by atoms with E-state index in [9.17, 15) is 0 Å². The van der Waals surface area contributed by atoms with Crippen molar-refractivity contribution < 1.29 is 0 Å². The SMILES string of the molecule is CC(N)(Cc1ccc(Cl)s1)c1ccccc1. The topological polar surface area (TPSA) is 26.0 Å². The summed E-state index contributed by atoms with van der Waals surface area (Å²) >= 11 is 7.51. The number of nitrogens with two attached hydrogens (primary N) is 1. The van der Waals surface area contributed by atoms with Gasteiger partial charge in [-0.3, -0.25) is 0 Å². The minimum Gasteiger partial charge on any atom is -0.321 e. The summed E-state index contributed by atoms with van der Waals surface area (Å²) in [4.78, 5) is 1.22. The van der Waals surface area contributed by atoms with Crippen LogP contribution in [0.2, 0.25) is 4.34 Å². The molecule has 0 aliphatic rings. The van der Waals surface area contributed by atoms with Crippen LogP contribution in [0.15, 0.2) is 42.5 Å². The van der Waals surface area contributed by atoms with Gasteiger partial charge >= 0.3 is 0 Å². The molecule has 1 nitrogen and oxygen atoms in total. The van der Waals surface area contributed by atoms with E-state index in [0.717, 1.165) is 16.3 Å². The number of hydrogen-bond donors (Lipinski definition) is 1. The molecule has 16 heavy (non-hydrogen) atoms. The zero-order valence-electron chi connectivity index (χ0n) is 9.11. The maximum atomic E-state index is 6.34. The number of thiophene rings is 1. The van der Waals surface area contributed by atoms with Crippen LogP contribution in [0.5, 0.6) is 0 Å². The fourth-order valence-corrected chi connectivity index (χ4v) is 2.98. The number of halogens is 1. The monoisotopic (exact) mass is 251 g/mol. The zero-order chi connectivity index (χ0) is 11.6. The molecule has 0 saturated heterocycles. The predicted molar refractivity (Wildman–Crippen MR) is 71.0 cm³/mol. The lowest BCUT2D eigenvalue weighted by molar-refractivity contribution is 0.495. The van der Waals surface area contributed by atoms with Crippen LogP contribution in [-0.4, -0.2) is 0 Å². The van der Waals surface area contributed by atoms with Gasteiger partial charge in [-0.2, -0.15) is 0 Å². The van der Waals surface area contributed by atoms with E-state index >= 15 is 0 Å². The summed E-state index contributed by atoms with van der Waals surface area (Å²) in [5.41, 5.74) is 7.16. The number of rotatable bonds is 3. The summed E-state index contributed by atoms with van der Waals surface area (Å²) in [5, 5.41) is 0. The van der Waals surface area contributed by atoms with Gasteiger partial charge in [0, 0.05) is 16.8 Å². The maximum absolute atomic E-state index is 6.34. The van der Waals surface area contributed by atoms with Crippen molar-refractivity contribution in [3.63, 3.8) is 0 Å². The molecule has 1 unspecified atom stereocenters. The van der Waals surface area contributed by atoms with Crippen LogP contribution < -0.4 is 5.73 Å². The Morgan fingerprint density at radius 1 is 1.19 bits per heavy atom. The highest BCUT2D eigenvalue weighted by Gasteiger charge is 2.22. The molecule has 0 saturated carbocycles. The Hall–Kier alpha value is -0.830. The van der Waals surface area contributed by atoms with Gasteiger partial charge in [-0.15, -0.1) is 11.3 Å². The lowest BCUT2D eigenvalue weighted by Crippen LogP contribution is -2.35. The standard InChI is InChI=1S/C13H14ClNS/c1-13(15,10-5-3-2-4-6-10)9-11-7-8-12(14)16-11/h2-8H,9,15H2,1H3. The van der Waals surface area contributed by atoms with Gasteiger partial charge in [-0.25, -0.2) is 0 Å². The van der Waals surface area contributed by atoms with Crippen molar-refractivity contribution in [1.29, 1.82) is 0 Å². The van der Waals surface area contributed by atoms with Gasteiger partial charge in [-0.05, 0) is 24.6 Å². The summed E-state index contributed by atoms with van der Waals surface area (Å²) in [6.07, 6.45) is 0.814. The quantitative estimate of drug-likeness (QED) is 0.882. The largest absolute Gasteiger partial charge is 0.321 e. The van der Waals surface area contributed by atoms with E-state index in [0.29, 0.717) is 0 Å². The summed E-state index contributed by atoms with van der Waals surface area (Å²) in [7, 11) is 0. The first-order chi connectivity index (χ1) is 7.58.